The number of nitro groups is 1. The molecule has 0 aliphatic heterocycles. The second-order valence-electron chi connectivity index (χ2n) is 4.79. The minimum atomic E-state index is -0.733. The fourth-order valence-electron chi connectivity index (χ4n) is 2.30. The van der Waals surface area contributed by atoms with Gasteiger partial charge in [0.05, 0.1) is 4.92 Å². The van der Waals surface area contributed by atoms with Crippen LogP contribution in [0.1, 0.15) is 24.8 Å². The van der Waals surface area contributed by atoms with Crippen molar-refractivity contribution in [1.29, 1.82) is 0 Å². The normalized spacial score (nSPS) is 18.5. The molecule has 1 aromatic carbocycles. The van der Waals surface area contributed by atoms with Gasteiger partial charge in [0.15, 0.2) is 0 Å². The van der Waals surface area contributed by atoms with E-state index in [0.29, 0.717) is 18.0 Å². The van der Waals surface area contributed by atoms with E-state index in [4.69, 9.17) is 0 Å². The molecule has 1 unspecified atom stereocenters. The molecule has 0 aromatic heterocycles. The summed E-state index contributed by atoms with van der Waals surface area (Å²) in [4.78, 5) is 9.94. The summed E-state index contributed by atoms with van der Waals surface area (Å²) in [7, 11) is 0. The van der Waals surface area contributed by atoms with Crippen molar-refractivity contribution >= 4 is 5.69 Å². The van der Waals surface area contributed by atoms with Gasteiger partial charge in [-0.1, -0.05) is 24.3 Å². The average molecular weight is 264 g/mol. The molecule has 0 bridgehead atoms. The highest BCUT2D eigenvalue weighted by atomic mass is 19.1. The summed E-state index contributed by atoms with van der Waals surface area (Å²) >= 11 is 0. The van der Waals surface area contributed by atoms with Crippen LogP contribution in [-0.4, -0.2) is 11.5 Å². The summed E-state index contributed by atoms with van der Waals surface area (Å²) in [5, 5.41) is 13.8. The summed E-state index contributed by atoms with van der Waals surface area (Å²) in [6.07, 6.45) is 7.63. The van der Waals surface area contributed by atoms with Crippen LogP contribution in [0.25, 0.3) is 0 Å². The number of hydrogen-bond acceptors (Lipinski definition) is 3. The molecule has 1 aromatic rings. The zero-order valence-corrected chi connectivity index (χ0v) is 10.6. The third-order valence-electron chi connectivity index (χ3n) is 3.38. The van der Waals surface area contributed by atoms with Crippen LogP contribution in [0.3, 0.4) is 0 Å². The SMILES string of the molecule is O=[N+]([O-])c1cccc(CNCC2CC=CCC2)c1F. The number of hydrogen-bond donors (Lipinski definition) is 1. The number of benzene rings is 1. The molecule has 0 amide bonds. The lowest BCUT2D eigenvalue weighted by molar-refractivity contribution is -0.387. The van der Waals surface area contributed by atoms with Crippen LogP contribution < -0.4 is 5.32 Å². The Bertz CT molecular complexity index is 488. The quantitative estimate of drug-likeness (QED) is 0.505. The number of nitro benzene ring substituents is 1. The molecule has 0 radical (unpaired) electrons. The minimum absolute atomic E-state index is 0.327. The van der Waals surface area contributed by atoms with Crippen LogP contribution >= 0.6 is 0 Å². The fraction of sp³-hybridized carbons (Fsp3) is 0.429. The number of halogens is 1. The molecule has 0 saturated heterocycles. The summed E-state index contributed by atoms with van der Waals surface area (Å²) in [6.45, 7) is 1.14. The molecular weight excluding hydrogens is 247 g/mol. The molecule has 4 nitrogen and oxygen atoms in total. The van der Waals surface area contributed by atoms with Crippen molar-refractivity contribution in [3.63, 3.8) is 0 Å². The summed E-state index contributed by atoms with van der Waals surface area (Å²) < 4.78 is 13.8. The first-order chi connectivity index (χ1) is 9.18. The Kier molecular flexibility index (Phi) is 4.63. The molecule has 1 aliphatic carbocycles. The Morgan fingerprint density at radius 1 is 1.42 bits per heavy atom. The predicted octanol–water partition coefficient (Wildman–Crippen LogP) is 3.18. The van der Waals surface area contributed by atoms with Crippen molar-refractivity contribution in [2.75, 3.05) is 6.54 Å². The zero-order valence-electron chi connectivity index (χ0n) is 10.6. The zero-order chi connectivity index (χ0) is 13.7. The van der Waals surface area contributed by atoms with Crippen LogP contribution in [0.15, 0.2) is 30.4 Å². The smallest absolute Gasteiger partial charge is 0.305 e. The highest BCUT2D eigenvalue weighted by Crippen LogP contribution is 2.21. The van der Waals surface area contributed by atoms with Gasteiger partial charge in [-0.05, 0) is 31.7 Å². The molecule has 102 valence electrons. The van der Waals surface area contributed by atoms with Crippen molar-refractivity contribution in [2.24, 2.45) is 5.92 Å². The second-order valence-corrected chi connectivity index (χ2v) is 4.79. The van der Waals surface area contributed by atoms with Crippen molar-refractivity contribution in [3.05, 3.63) is 51.8 Å². The van der Waals surface area contributed by atoms with Crippen molar-refractivity contribution in [3.8, 4) is 0 Å². The van der Waals surface area contributed by atoms with Gasteiger partial charge < -0.3 is 5.32 Å². The Morgan fingerprint density at radius 2 is 2.26 bits per heavy atom. The van der Waals surface area contributed by atoms with E-state index in [-0.39, 0.29) is 0 Å². The second kappa shape index (κ2) is 6.43. The first kappa shape index (κ1) is 13.7. The Hall–Kier alpha value is -1.75. The number of nitrogens with one attached hydrogen (secondary N) is 1. The Morgan fingerprint density at radius 3 is 2.95 bits per heavy atom. The van der Waals surface area contributed by atoms with Gasteiger partial charge in [0.2, 0.25) is 5.82 Å². The van der Waals surface area contributed by atoms with Gasteiger partial charge >= 0.3 is 5.69 Å². The molecule has 1 N–H and O–H groups in total. The van der Waals surface area contributed by atoms with Crippen LogP contribution in [0.4, 0.5) is 10.1 Å². The van der Waals surface area contributed by atoms with E-state index in [1.165, 1.54) is 12.1 Å². The van der Waals surface area contributed by atoms with Crippen LogP contribution in [-0.2, 0) is 6.54 Å². The lowest BCUT2D eigenvalue weighted by atomic mass is 9.94. The maximum atomic E-state index is 13.8. The summed E-state index contributed by atoms with van der Waals surface area (Å²) in [5.74, 6) is -0.157. The van der Waals surface area contributed by atoms with E-state index in [1.807, 2.05) is 0 Å². The van der Waals surface area contributed by atoms with Gasteiger partial charge in [-0.25, -0.2) is 0 Å². The van der Waals surface area contributed by atoms with Gasteiger partial charge in [-0.3, -0.25) is 10.1 Å². The average Bonchev–Trinajstić information content (AvgIpc) is 2.41. The van der Waals surface area contributed by atoms with Gasteiger partial charge in [-0.15, -0.1) is 0 Å². The Balaban J connectivity index is 1.90. The first-order valence-electron chi connectivity index (χ1n) is 6.46. The van der Waals surface area contributed by atoms with E-state index in [0.717, 1.165) is 25.8 Å². The first-order valence-corrected chi connectivity index (χ1v) is 6.46. The van der Waals surface area contributed by atoms with Crippen molar-refractivity contribution in [1.82, 2.24) is 5.32 Å². The van der Waals surface area contributed by atoms with E-state index in [2.05, 4.69) is 17.5 Å². The van der Waals surface area contributed by atoms with Gasteiger partial charge in [0.1, 0.15) is 0 Å². The topological polar surface area (TPSA) is 55.2 Å². The van der Waals surface area contributed by atoms with Crippen LogP contribution in [0, 0.1) is 21.8 Å². The highest BCUT2D eigenvalue weighted by Gasteiger charge is 2.17. The molecule has 5 heteroatoms. The Labute approximate surface area is 111 Å². The van der Waals surface area contributed by atoms with E-state index in [9.17, 15) is 14.5 Å². The number of nitrogens with zero attached hydrogens (tertiary/aromatic N) is 1. The highest BCUT2D eigenvalue weighted by molar-refractivity contribution is 5.36. The van der Waals surface area contributed by atoms with Crippen molar-refractivity contribution < 1.29 is 9.31 Å². The molecule has 1 atom stereocenters. The minimum Gasteiger partial charge on any atom is -0.312 e. The monoisotopic (exact) mass is 264 g/mol. The van der Waals surface area contributed by atoms with E-state index >= 15 is 0 Å². The molecule has 1 aliphatic rings. The largest absolute Gasteiger partial charge is 0.312 e. The number of allylic oxidation sites excluding steroid dienone is 2. The molecular formula is C14H17FN2O2. The van der Waals surface area contributed by atoms with E-state index < -0.39 is 16.4 Å². The fourth-order valence-corrected chi connectivity index (χ4v) is 2.30. The maximum absolute atomic E-state index is 13.8. The maximum Gasteiger partial charge on any atom is 0.305 e. The van der Waals surface area contributed by atoms with Gasteiger partial charge in [0, 0.05) is 18.2 Å². The molecule has 0 saturated carbocycles. The third-order valence-corrected chi connectivity index (χ3v) is 3.38. The summed E-state index contributed by atoms with van der Waals surface area (Å²) in [6, 6.07) is 4.28. The molecule has 0 fully saturated rings. The molecule has 0 heterocycles. The molecule has 0 spiro atoms. The molecule has 19 heavy (non-hydrogen) atoms. The third kappa shape index (κ3) is 3.61. The predicted molar refractivity (Wildman–Crippen MR) is 71.2 cm³/mol. The lowest BCUT2D eigenvalue weighted by Crippen LogP contribution is -2.23. The van der Waals surface area contributed by atoms with Crippen LogP contribution in [0.5, 0.6) is 0 Å². The van der Waals surface area contributed by atoms with Crippen molar-refractivity contribution in [2.45, 2.75) is 25.8 Å². The van der Waals surface area contributed by atoms with Gasteiger partial charge in [-0.2, -0.15) is 4.39 Å². The molecule has 2 rings (SSSR count). The summed E-state index contributed by atoms with van der Waals surface area (Å²) in [5.41, 5.74) is -0.111. The van der Waals surface area contributed by atoms with Crippen LogP contribution in [0.2, 0.25) is 0 Å². The van der Waals surface area contributed by atoms with E-state index in [1.54, 1.807) is 6.07 Å². The van der Waals surface area contributed by atoms with Gasteiger partial charge in [0.25, 0.3) is 0 Å². The lowest BCUT2D eigenvalue weighted by Gasteiger charge is -2.18. The number of rotatable bonds is 5. The standard InChI is InChI=1S/C14H17FN2O2/c15-14-12(7-4-8-13(14)17(18)19)10-16-9-11-5-2-1-3-6-11/h1-2,4,7-8,11,16H,3,5-6,9-10H2.